The molecule has 0 aromatic heterocycles. The van der Waals surface area contributed by atoms with Gasteiger partial charge in [-0.2, -0.15) is 0 Å². The molecule has 0 unspecified atom stereocenters. The lowest BCUT2D eigenvalue weighted by Gasteiger charge is -2.31. The number of nitrogens with one attached hydrogen (secondary N) is 1. The van der Waals surface area contributed by atoms with E-state index in [-0.39, 0.29) is 36.9 Å². The van der Waals surface area contributed by atoms with Crippen LogP contribution in [0.1, 0.15) is 69.9 Å². The normalized spacial score (nSPS) is 15.2. The second-order valence-electron chi connectivity index (χ2n) is 9.11. The van der Waals surface area contributed by atoms with E-state index < -0.39 is 6.04 Å². The third-order valence-electron chi connectivity index (χ3n) is 6.31. The summed E-state index contributed by atoms with van der Waals surface area (Å²) in [6.45, 7) is 6.05. The second kappa shape index (κ2) is 12.1. The molecule has 0 saturated heterocycles. The molecule has 1 aliphatic rings. The number of benzene rings is 2. The van der Waals surface area contributed by atoms with Gasteiger partial charge in [0, 0.05) is 17.6 Å². The van der Waals surface area contributed by atoms with Gasteiger partial charge in [0.05, 0.1) is 0 Å². The monoisotopic (exact) mass is 470 g/mol. The highest BCUT2D eigenvalue weighted by Crippen LogP contribution is 2.26. The molecule has 5 nitrogen and oxygen atoms in total. The largest absolute Gasteiger partial charge is 0.483 e. The van der Waals surface area contributed by atoms with Crippen LogP contribution in [-0.2, 0) is 16.1 Å². The van der Waals surface area contributed by atoms with Gasteiger partial charge in [0.1, 0.15) is 11.8 Å². The highest BCUT2D eigenvalue weighted by Gasteiger charge is 2.29. The van der Waals surface area contributed by atoms with Crippen molar-refractivity contribution in [3.63, 3.8) is 0 Å². The summed E-state index contributed by atoms with van der Waals surface area (Å²) in [6.07, 6.45) is 5.46. The number of ether oxygens (including phenoxy) is 1. The lowest BCUT2D eigenvalue weighted by Crippen LogP contribution is -2.51. The maximum absolute atomic E-state index is 13.3. The molecule has 6 heteroatoms. The number of carbonyl (C=O) groups is 2. The van der Waals surface area contributed by atoms with Gasteiger partial charge in [-0.05, 0) is 48.9 Å². The van der Waals surface area contributed by atoms with Gasteiger partial charge in [-0.3, -0.25) is 9.59 Å². The first-order valence-corrected chi connectivity index (χ1v) is 12.3. The Balaban J connectivity index is 1.75. The Labute approximate surface area is 202 Å². The summed E-state index contributed by atoms with van der Waals surface area (Å²) in [4.78, 5) is 28.0. The van der Waals surface area contributed by atoms with E-state index in [1.54, 1.807) is 17.9 Å². The Hall–Kier alpha value is -2.53. The minimum atomic E-state index is -0.639. The predicted octanol–water partition coefficient (Wildman–Crippen LogP) is 5.71. The van der Waals surface area contributed by atoms with Crippen molar-refractivity contribution in [3.05, 3.63) is 64.7 Å². The van der Waals surface area contributed by atoms with Crippen LogP contribution in [0.25, 0.3) is 0 Å². The number of halogens is 1. The van der Waals surface area contributed by atoms with Crippen LogP contribution in [0.4, 0.5) is 0 Å². The zero-order chi connectivity index (χ0) is 23.8. The van der Waals surface area contributed by atoms with Gasteiger partial charge < -0.3 is 15.0 Å². The third-order valence-corrected chi connectivity index (χ3v) is 6.68. The first kappa shape index (κ1) is 25.1. The molecule has 33 heavy (non-hydrogen) atoms. The molecule has 1 saturated carbocycles. The molecule has 0 bridgehead atoms. The van der Waals surface area contributed by atoms with Gasteiger partial charge in [0.2, 0.25) is 5.91 Å². The van der Waals surface area contributed by atoms with E-state index in [2.05, 4.69) is 19.2 Å². The Morgan fingerprint density at radius 3 is 2.39 bits per heavy atom. The summed E-state index contributed by atoms with van der Waals surface area (Å²) >= 11 is 6.37. The predicted molar refractivity (Wildman–Crippen MR) is 133 cm³/mol. The zero-order valence-electron chi connectivity index (χ0n) is 19.9. The Morgan fingerprint density at radius 2 is 1.70 bits per heavy atom. The SMILES string of the molecule is CC(C)c1ccccc1OCC(=O)N(Cc1ccccc1Cl)[C@@H](C)C(=O)NC1CCCCC1. The van der Waals surface area contributed by atoms with Crippen LogP contribution >= 0.6 is 11.6 Å². The van der Waals surface area contributed by atoms with E-state index in [0.717, 1.165) is 36.8 Å². The molecular weight excluding hydrogens is 436 g/mol. The van der Waals surface area contributed by atoms with E-state index in [4.69, 9.17) is 16.3 Å². The zero-order valence-corrected chi connectivity index (χ0v) is 20.6. The molecule has 178 valence electrons. The van der Waals surface area contributed by atoms with E-state index in [1.807, 2.05) is 42.5 Å². The van der Waals surface area contributed by atoms with Crippen LogP contribution in [0.2, 0.25) is 5.02 Å². The van der Waals surface area contributed by atoms with Crippen molar-refractivity contribution in [2.24, 2.45) is 0 Å². The van der Waals surface area contributed by atoms with Crippen molar-refractivity contribution in [1.82, 2.24) is 10.2 Å². The topological polar surface area (TPSA) is 58.6 Å². The van der Waals surface area contributed by atoms with Crippen molar-refractivity contribution in [1.29, 1.82) is 0 Å². The molecule has 1 N–H and O–H groups in total. The average molecular weight is 471 g/mol. The lowest BCUT2D eigenvalue weighted by molar-refractivity contribution is -0.142. The number of nitrogens with zero attached hydrogens (tertiary/aromatic N) is 1. The summed E-state index contributed by atoms with van der Waals surface area (Å²) < 4.78 is 5.93. The number of hydrogen-bond acceptors (Lipinski definition) is 3. The second-order valence-corrected chi connectivity index (χ2v) is 9.52. The Morgan fingerprint density at radius 1 is 1.03 bits per heavy atom. The van der Waals surface area contributed by atoms with Gasteiger partial charge >= 0.3 is 0 Å². The maximum Gasteiger partial charge on any atom is 0.261 e. The number of carbonyl (C=O) groups excluding carboxylic acids is 2. The van der Waals surface area contributed by atoms with Crippen molar-refractivity contribution in [3.8, 4) is 5.75 Å². The molecule has 0 radical (unpaired) electrons. The van der Waals surface area contributed by atoms with Gasteiger partial charge in [0.15, 0.2) is 6.61 Å². The summed E-state index contributed by atoms with van der Waals surface area (Å²) in [7, 11) is 0. The van der Waals surface area contributed by atoms with Gasteiger partial charge in [-0.25, -0.2) is 0 Å². The van der Waals surface area contributed by atoms with Crippen LogP contribution in [0.5, 0.6) is 5.75 Å². The fourth-order valence-corrected chi connectivity index (χ4v) is 4.47. The average Bonchev–Trinajstić information content (AvgIpc) is 2.82. The van der Waals surface area contributed by atoms with Gasteiger partial charge in [-0.15, -0.1) is 0 Å². The molecule has 2 aromatic rings. The highest BCUT2D eigenvalue weighted by atomic mass is 35.5. The number of para-hydroxylation sites is 1. The minimum absolute atomic E-state index is 0.134. The van der Waals surface area contributed by atoms with Crippen LogP contribution in [0, 0.1) is 0 Å². The third kappa shape index (κ3) is 6.97. The maximum atomic E-state index is 13.3. The number of amides is 2. The molecule has 2 aromatic carbocycles. The lowest BCUT2D eigenvalue weighted by atomic mass is 9.95. The van der Waals surface area contributed by atoms with Crippen molar-refractivity contribution >= 4 is 23.4 Å². The van der Waals surface area contributed by atoms with E-state index in [1.165, 1.54) is 6.42 Å². The molecule has 3 rings (SSSR count). The molecule has 1 atom stereocenters. The molecular formula is C27H35ClN2O3. The van der Waals surface area contributed by atoms with Crippen molar-refractivity contribution < 1.29 is 14.3 Å². The first-order valence-electron chi connectivity index (χ1n) is 11.9. The van der Waals surface area contributed by atoms with Gasteiger partial charge in [0.25, 0.3) is 5.91 Å². The molecule has 0 heterocycles. The van der Waals surface area contributed by atoms with Crippen molar-refractivity contribution in [2.75, 3.05) is 6.61 Å². The number of rotatable bonds is 9. The molecule has 0 aliphatic heterocycles. The van der Waals surface area contributed by atoms with Crippen LogP contribution in [-0.4, -0.2) is 35.4 Å². The fourth-order valence-electron chi connectivity index (χ4n) is 4.27. The summed E-state index contributed by atoms with van der Waals surface area (Å²) in [5.74, 6) is 0.582. The molecule has 2 amide bonds. The smallest absolute Gasteiger partial charge is 0.261 e. The minimum Gasteiger partial charge on any atom is -0.483 e. The summed E-state index contributed by atoms with van der Waals surface area (Å²) in [5, 5.41) is 3.72. The van der Waals surface area contributed by atoms with Crippen molar-refractivity contribution in [2.45, 2.75) is 77.4 Å². The summed E-state index contributed by atoms with van der Waals surface area (Å²) in [5.41, 5.74) is 1.85. The van der Waals surface area contributed by atoms with E-state index in [0.29, 0.717) is 10.8 Å². The molecule has 0 spiro atoms. The quantitative estimate of drug-likeness (QED) is 0.510. The van der Waals surface area contributed by atoms with Crippen LogP contribution in [0.3, 0.4) is 0 Å². The highest BCUT2D eigenvalue weighted by molar-refractivity contribution is 6.31. The van der Waals surface area contributed by atoms with E-state index in [9.17, 15) is 9.59 Å². The molecule has 1 fully saturated rings. The Kier molecular flexibility index (Phi) is 9.19. The number of hydrogen-bond donors (Lipinski definition) is 1. The molecule has 1 aliphatic carbocycles. The standard InChI is InChI=1S/C27H35ClN2O3/c1-19(2)23-14-8-10-16-25(23)33-18-26(31)30(17-21-11-7-9-15-24(21)28)20(3)27(32)29-22-12-5-4-6-13-22/h7-11,14-16,19-20,22H,4-6,12-13,17-18H2,1-3H3,(H,29,32)/t20-/m0/s1. The van der Waals surface area contributed by atoms with Crippen LogP contribution in [0.15, 0.2) is 48.5 Å². The van der Waals surface area contributed by atoms with E-state index >= 15 is 0 Å². The Bertz CT molecular complexity index is 940. The van der Waals surface area contributed by atoms with Crippen LogP contribution < -0.4 is 10.1 Å². The summed E-state index contributed by atoms with van der Waals surface area (Å²) in [6, 6.07) is 14.7. The fraction of sp³-hybridized carbons (Fsp3) is 0.481. The van der Waals surface area contributed by atoms with Gasteiger partial charge in [-0.1, -0.05) is 81.1 Å². The first-order chi connectivity index (χ1) is 15.9.